The van der Waals surface area contributed by atoms with E-state index >= 15 is 0 Å². The first-order valence-electron chi connectivity index (χ1n) is 8.42. The minimum atomic E-state index is -1.94. The Hall–Kier alpha value is -2.26. The smallest absolute Gasteiger partial charge is 0.339 e. The zero-order chi connectivity index (χ0) is 22.3. The molecule has 0 aromatic heterocycles. The van der Waals surface area contributed by atoms with Gasteiger partial charge in [-0.3, -0.25) is 4.79 Å². The average Bonchev–Trinajstić information content (AvgIpc) is 2.72. The van der Waals surface area contributed by atoms with E-state index in [2.05, 4.69) is 16.0 Å². The molecule has 2 aromatic rings. The van der Waals surface area contributed by atoms with Gasteiger partial charge in [0.1, 0.15) is 11.9 Å². The number of hydrogen-bond donors (Lipinski definition) is 3. The number of carbonyl (C=O) groups is 2. The third-order valence-corrected chi connectivity index (χ3v) is 4.67. The van der Waals surface area contributed by atoms with Crippen molar-refractivity contribution < 1.29 is 19.1 Å². The maximum atomic E-state index is 12.6. The lowest BCUT2D eigenvalue weighted by atomic mass is 10.2. The van der Waals surface area contributed by atoms with E-state index in [0.717, 1.165) is 0 Å². The Morgan fingerprint density at radius 2 is 1.73 bits per heavy atom. The summed E-state index contributed by atoms with van der Waals surface area (Å²) in [5, 5.41) is 8.14. The van der Waals surface area contributed by atoms with Crippen LogP contribution < -0.4 is 20.7 Å². The molecule has 0 radical (unpaired) electrons. The predicted molar refractivity (Wildman–Crippen MR) is 122 cm³/mol. The lowest BCUT2D eigenvalue weighted by molar-refractivity contribution is 0.0601. The summed E-state index contributed by atoms with van der Waals surface area (Å²) < 4.78 is 7.90. The molecule has 0 aliphatic heterocycles. The Morgan fingerprint density at radius 1 is 1.03 bits per heavy atom. The third kappa shape index (κ3) is 6.63. The number of nitrogens with one attached hydrogen (secondary N) is 3. The van der Waals surface area contributed by atoms with Gasteiger partial charge in [-0.05, 0) is 42.5 Å². The largest absolute Gasteiger partial charge is 0.497 e. The molecule has 0 bridgehead atoms. The fourth-order valence-corrected chi connectivity index (χ4v) is 2.90. The lowest BCUT2D eigenvalue weighted by Crippen LogP contribution is -2.56. The molecule has 7 nitrogen and oxygen atoms in total. The summed E-state index contributed by atoms with van der Waals surface area (Å²) in [6.45, 7) is 0. The first-order valence-corrected chi connectivity index (χ1v) is 9.96. The summed E-state index contributed by atoms with van der Waals surface area (Å²) in [4.78, 5) is 24.5. The topological polar surface area (TPSA) is 88.7 Å². The van der Waals surface area contributed by atoms with Crippen LogP contribution in [0, 0.1) is 0 Å². The number of amides is 1. The van der Waals surface area contributed by atoms with Gasteiger partial charge < -0.3 is 25.4 Å². The highest BCUT2D eigenvalue weighted by Crippen LogP contribution is 2.29. The molecule has 11 heteroatoms. The summed E-state index contributed by atoms with van der Waals surface area (Å²) in [6.07, 6.45) is -1.19. The van der Waals surface area contributed by atoms with Crippen LogP contribution in [0.15, 0.2) is 48.5 Å². The first-order chi connectivity index (χ1) is 14.2. The average molecular weight is 491 g/mol. The van der Waals surface area contributed by atoms with Crippen LogP contribution in [0.3, 0.4) is 0 Å². The van der Waals surface area contributed by atoms with E-state index in [1.807, 2.05) is 0 Å². The molecule has 1 atom stereocenters. The number of rotatable bonds is 6. The van der Waals surface area contributed by atoms with Crippen LogP contribution in [0.25, 0.3) is 0 Å². The molecule has 1 unspecified atom stereocenters. The molecule has 160 valence electrons. The van der Waals surface area contributed by atoms with Crippen molar-refractivity contribution in [1.82, 2.24) is 10.6 Å². The highest BCUT2D eigenvalue weighted by atomic mass is 35.6. The summed E-state index contributed by atoms with van der Waals surface area (Å²) >= 11 is 23.3. The number of thiocarbonyl (C=S) groups is 1. The number of hydrogen-bond acceptors (Lipinski definition) is 5. The van der Waals surface area contributed by atoms with Crippen LogP contribution >= 0.6 is 47.0 Å². The fourth-order valence-electron chi connectivity index (χ4n) is 2.35. The number of alkyl halides is 3. The number of anilines is 1. The predicted octanol–water partition coefficient (Wildman–Crippen LogP) is 3.89. The van der Waals surface area contributed by atoms with Crippen molar-refractivity contribution in [2.45, 2.75) is 9.96 Å². The van der Waals surface area contributed by atoms with Crippen LogP contribution in [-0.2, 0) is 4.74 Å². The Labute approximate surface area is 194 Å². The maximum absolute atomic E-state index is 12.6. The number of para-hydroxylation sites is 1. The molecular weight excluding hydrogens is 473 g/mol. The van der Waals surface area contributed by atoms with Gasteiger partial charge >= 0.3 is 5.97 Å². The molecule has 0 saturated heterocycles. The minimum Gasteiger partial charge on any atom is -0.497 e. The van der Waals surface area contributed by atoms with Gasteiger partial charge in [0, 0.05) is 5.56 Å². The number of carbonyl (C=O) groups excluding carboxylic acids is 2. The number of halogens is 3. The third-order valence-electron chi connectivity index (χ3n) is 3.79. The molecule has 3 N–H and O–H groups in total. The van der Waals surface area contributed by atoms with E-state index in [-0.39, 0.29) is 10.7 Å². The van der Waals surface area contributed by atoms with Gasteiger partial charge in [-0.2, -0.15) is 0 Å². The molecule has 0 aliphatic carbocycles. The van der Waals surface area contributed by atoms with Crippen LogP contribution in [0.5, 0.6) is 5.75 Å². The maximum Gasteiger partial charge on any atom is 0.339 e. The number of methoxy groups -OCH3 is 2. The lowest BCUT2D eigenvalue weighted by Gasteiger charge is -2.28. The molecule has 0 saturated carbocycles. The van der Waals surface area contributed by atoms with Crippen molar-refractivity contribution in [1.29, 1.82) is 0 Å². The summed E-state index contributed by atoms with van der Waals surface area (Å²) in [5.74, 6) is -0.571. The van der Waals surface area contributed by atoms with Crippen molar-refractivity contribution in [3.05, 3.63) is 59.7 Å². The second kappa shape index (κ2) is 10.7. The molecule has 0 fully saturated rings. The molecule has 30 heavy (non-hydrogen) atoms. The minimum absolute atomic E-state index is 0.00798. The van der Waals surface area contributed by atoms with Crippen molar-refractivity contribution >= 4 is 69.7 Å². The number of esters is 1. The van der Waals surface area contributed by atoms with Crippen molar-refractivity contribution in [3.8, 4) is 5.75 Å². The van der Waals surface area contributed by atoms with Crippen LogP contribution in [0.4, 0.5) is 5.69 Å². The highest BCUT2D eigenvalue weighted by molar-refractivity contribution is 7.80. The van der Waals surface area contributed by atoms with Gasteiger partial charge in [0.15, 0.2) is 5.11 Å². The van der Waals surface area contributed by atoms with Gasteiger partial charge in [0.25, 0.3) is 5.91 Å². The van der Waals surface area contributed by atoms with Gasteiger partial charge in [0.2, 0.25) is 3.79 Å². The van der Waals surface area contributed by atoms with E-state index in [4.69, 9.17) is 56.5 Å². The zero-order valence-corrected chi connectivity index (χ0v) is 19.0. The highest BCUT2D eigenvalue weighted by Gasteiger charge is 2.35. The Morgan fingerprint density at radius 3 is 2.37 bits per heavy atom. The van der Waals surface area contributed by atoms with Gasteiger partial charge in [-0.25, -0.2) is 4.79 Å². The van der Waals surface area contributed by atoms with Crippen LogP contribution in [0.2, 0.25) is 0 Å². The standard InChI is InChI=1S/C19H18Cl3N3O4S/c1-28-12-7-5-6-11(10-12)15(26)24-17(19(20,21)22)25-18(30)23-14-9-4-3-8-13(14)16(27)29-2/h3-10,17H,1-2H3,(H,24,26)(H2,23,25,30). The normalized spacial score (nSPS) is 11.8. The molecule has 0 aliphatic rings. The second-order valence-corrected chi connectivity index (χ2v) is 8.59. The van der Waals surface area contributed by atoms with E-state index < -0.39 is 21.8 Å². The summed E-state index contributed by atoms with van der Waals surface area (Å²) in [6, 6.07) is 13.0. The molecule has 0 spiro atoms. The first kappa shape index (κ1) is 24.0. The molecule has 1 amide bonds. The van der Waals surface area contributed by atoms with Gasteiger partial charge in [-0.15, -0.1) is 0 Å². The molecular formula is C19H18Cl3N3O4S. The van der Waals surface area contributed by atoms with Crippen LogP contribution in [0.1, 0.15) is 20.7 Å². The Bertz CT molecular complexity index is 937. The molecule has 2 rings (SSSR count). The van der Waals surface area contributed by atoms with E-state index in [1.165, 1.54) is 20.3 Å². The van der Waals surface area contributed by atoms with E-state index in [0.29, 0.717) is 17.0 Å². The van der Waals surface area contributed by atoms with Crippen LogP contribution in [-0.4, -0.2) is 41.2 Å². The van der Waals surface area contributed by atoms with Crippen molar-refractivity contribution in [2.75, 3.05) is 19.5 Å². The Kier molecular flexibility index (Phi) is 8.54. The van der Waals surface area contributed by atoms with Crippen molar-refractivity contribution in [3.63, 3.8) is 0 Å². The Balaban J connectivity index is 2.14. The fraction of sp³-hybridized carbons (Fsp3) is 0.211. The van der Waals surface area contributed by atoms with E-state index in [9.17, 15) is 9.59 Å². The van der Waals surface area contributed by atoms with Crippen molar-refractivity contribution in [2.24, 2.45) is 0 Å². The van der Waals surface area contributed by atoms with Gasteiger partial charge in [-0.1, -0.05) is 53.0 Å². The zero-order valence-electron chi connectivity index (χ0n) is 15.9. The summed E-state index contributed by atoms with van der Waals surface area (Å²) in [5.41, 5.74) is 0.935. The second-order valence-electron chi connectivity index (χ2n) is 5.82. The van der Waals surface area contributed by atoms with E-state index in [1.54, 1.807) is 42.5 Å². The number of ether oxygens (including phenoxy) is 2. The summed E-state index contributed by atoms with van der Waals surface area (Å²) in [7, 11) is 2.75. The van der Waals surface area contributed by atoms with Gasteiger partial charge in [0.05, 0.1) is 25.5 Å². The molecule has 2 aromatic carbocycles. The quantitative estimate of drug-likeness (QED) is 0.245. The number of benzene rings is 2. The monoisotopic (exact) mass is 489 g/mol. The molecule has 0 heterocycles. The SMILES string of the molecule is COC(=O)c1ccccc1NC(=S)NC(NC(=O)c1cccc(OC)c1)C(Cl)(Cl)Cl.